The predicted octanol–water partition coefficient (Wildman–Crippen LogP) is -0.287. The van der Waals surface area contributed by atoms with Crippen LogP contribution >= 0.6 is 0 Å². The molecule has 0 saturated carbocycles. The molecule has 0 aromatic carbocycles. The summed E-state index contributed by atoms with van der Waals surface area (Å²) in [6, 6.07) is -0.378. The number of hydrogen-bond acceptors (Lipinski definition) is 2. The fourth-order valence-electron chi connectivity index (χ4n) is 0.340. The molecule has 0 heterocycles. The molecular formula is C7H9NO2. The van der Waals surface area contributed by atoms with E-state index in [9.17, 15) is 9.59 Å². The third kappa shape index (κ3) is 2.88. The summed E-state index contributed by atoms with van der Waals surface area (Å²) in [5.41, 5.74) is 0. The first-order valence-electron chi connectivity index (χ1n) is 2.85. The van der Waals surface area contributed by atoms with E-state index in [0.29, 0.717) is 0 Å². The monoisotopic (exact) mass is 139 g/mol. The lowest BCUT2D eigenvalue weighted by Gasteiger charge is -2.03. The summed E-state index contributed by atoms with van der Waals surface area (Å²) in [6.07, 6.45) is 4.94. The molecule has 3 heteroatoms. The smallest absolute Gasteiger partial charge is 0.288 e. The topological polar surface area (TPSA) is 46.2 Å². The summed E-state index contributed by atoms with van der Waals surface area (Å²) in [5, 5.41) is 2.30. The summed E-state index contributed by atoms with van der Waals surface area (Å²) >= 11 is 0. The molecule has 0 unspecified atom stereocenters. The van der Waals surface area contributed by atoms with Gasteiger partial charge >= 0.3 is 0 Å². The molecule has 0 radical (unpaired) electrons. The largest absolute Gasteiger partial charge is 0.336 e. The van der Waals surface area contributed by atoms with E-state index in [4.69, 9.17) is 6.42 Å². The zero-order valence-electron chi connectivity index (χ0n) is 5.97. The first-order valence-corrected chi connectivity index (χ1v) is 2.85. The van der Waals surface area contributed by atoms with Crippen LogP contribution in [-0.4, -0.2) is 17.7 Å². The van der Waals surface area contributed by atoms with Gasteiger partial charge in [0.1, 0.15) is 0 Å². The van der Waals surface area contributed by atoms with Gasteiger partial charge in [-0.05, 0) is 6.92 Å². The summed E-state index contributed by atoms with van der Waals surface area (Å²) in [4.78, 5) is 20.9. The fourth-order valence-corrected chi connectivity index (χ4v) is 0.340. The molecule has 0 aliphatic heterocycles. The minimum atomic E-state index is -0.634. The van der Waals surface area contributed by atoms with E-state index >= 15 is 0 Å². The van der Waals surface area contributed by atoms with Gasteiger partial charge < -0.3 is 5.32 Å². The predicted molar refractivity (Wildman–Crippen MR) is 37.1 cm³/mol. The highest BCUT2D eigenvalue weighted by atomic mass is 16.2. The Balaban J connectivity index is 3.83. The van der Waals surface area contributed by atoms with Gasteiger partial charge in [0, 0.05) is 6.92 Å². The summed E-state index contributed by atoms with van der Waals surface area (Å²) in [5.74, 6) is 1.11. The standard InChI is InChI=1S/C7H9NO2/c1-4-5(2)8-7(10)6(3)9/h1,5H,2-3H3,(H,8,10)/t5-/m0/s1. The van der Waals surface area contributed by atoms with E-state index in [1.165, 1.54) is 6.92 Å². The molecule has 0 fully saturated rings. The van der Waals surface area contributed by atoms with Crippen LogP contribution in [0.25, 0.3) is 0 Å². The number of carbonyl (C=O) groups is 2. The minimum Gasteiger partial charge on any atom is -0.336 e. The van der Waals surface area contributed by atoms with Crippen molar-refractivity contribution in [1.82, 2.24) is 5.32 Å². The Morgan fingerprint density at radius 2 is 2.10 bits per heavy atom. The van der Waals surface area contributed by atoms with Crippen LogP contribution < -0.4 is 5.32 Å². The van der Waals surface area contributed by atoms with E-state index in [2.05, 4.69) is 11.2 Å². The van der Waals surface area contributed by atoms with Crippen LogP contribution in [0.2, 0.25) is 0 Å². The molecule has 0 aliphatic carbocycles. The molecule has 3 nitrogen and oxygen atoms in total. The highest BCUT2D eigenvalue weighted by Gasteiger charge is 2.08. The zero-order valence-corrected chi connectivity index (χ0v) is 5.97. The van der Waals surface area contributed by atoms with Crippen LogP contribution in [0.4, 0.5) is 0 Å². The van der Waals surface area contributed by atoms with Gasteiger partial charge in [0.05, 0.1) is 6.04 Å². The molecule has 0 saturated heterocycles. The van der Waals surface area contributed by atoms with Gasteiger partial charge in [0.15, 0.2) is 0 Å². The average molecular weight is 139 g/mol. The van der Waals surface area contributed by atoms with Crippen molar-refractivity contribution in [2.45, 2.75) is 19.9 Å². The maximum Gasteiger partial charge on any atom is 0.288 e. The molecule has 1 N–H and O–H groups in total. The van der Waals surface area contributed by atoms with E-state index in [0.717, 1.165) is 0 Å². The van der Waals surface area contributed by atoms with Crippen molar-refractivity contribution in [3.63, 3.8) is 0 Å². The first-order chi connectivity index (χ1) is 4.57. The van der Waals surface area contributed by atoms with Crippen molar-refractivity contribution in [2.24, 2.45) is 0 Å². The normalized spacial score (nSPS) is 11.3. The Morgan fingerprint density at radius 3 is 2.40 bits per heavy atom. The third-order valence-corrected chi connectivity index (χ3v) is 0.917. The molecule has 54 valence electrons. The molecular weight excluding hydrogens is 130 g/mol. The van der Waals surface area contributed by atoms with Crippen molar-refractivity contribution < 1.29 is 9.59 Å². The average Bonchev–Trinajstić information content (AvgIpc) is 1.87. The Morgan fingerprint density at radius 1 is 1.60 bits per heavy atom. The van der Waals surface area contributed by atoms with Crippen molar-refractivity contribution in [2.75, 3.05) is 0 Å². The molecule has 1 atom stereocenters. The maximum absolute atomic E-state index is 10.6. The lowest BCUT2D eigenvalue weighted by atomic mass is 10.3. The van der Waals surface area contributed by atoms with E-state index in [-0.39, 0.29) is 6.04 Å². The Labute approximate surface area is 59.8 Å². The molecule has 0 aliphatic rings. The second kappa shape index (κ2) is 3.67. The molecule has 0 bridgehead atoms. The van der Waals surface area contributed by atoms with Crippen molar-refractivity contribution in [1.29, 1.82) is 0 Å². The van der Waals surface area contributed by atoms with Crippen LogP contribution in [0.1, 0.15) is 13.8 Å². The molecule has 1 amide bonds. The van der Waals surface area contributed by atoms with Crippen LogP contribution in [-0.2, 0) is 9.59 Å². The Hall–Kier alpha value is -1.30. The van der Waals surface area contributed by atoms with E-state index in [1.54, 1.807) is 6.92 Å². The number of ketones is 1. The Kier molecular flexibility index (Phi) is 3.20. The highest BCUT2D eigenvalue weighted by Crippen LogP contribution is 1.77. The van der Waals surface area contributed by atoms with Crippen LogP contribution in [0, 0.1) is 12.3 Å². The maximum atomic E-state index is 10.6. The van der Waals surface area contributed by atoms with E-state index in [1.807, 2.05) is 0 Å². The lowest BCUT2D eigenvalue weighted by molar-refractivity contribution is -0.136. The SMILES string of the molecule is C#C[C@H](C)NC(=O)C(C)=O. The summed E-state index contributed by atoms with van der Waals surface area (Å²) < 4.78 is 0. The number of hydrogen-bond donors (Lipinski definition) is 1. The van der Waals surface area contributed by atoms with Crippen LogP contribution in [0.5, 0.6) is 0 Å². The number of carbonyl (C=O) groups excluding carboxylic acids is 2. The Bertz CT molecular complexity index is 190. The highest BCUT2D eigenvalue weighted by molar-refractivity contribution is 6.35. The number of amides is 1. The second-order valence-corrected chi connectivity index (χ2v) is 1.92. The minimum absolute atomic E-state index is 0.378. The van der Waals surface area contributed by atoms with E-state index < -0.39 is 11.7 Å². The van der Waals surface area contributed by atoms with Gasteiger partial charge in [0.25, 0.3) is 5.91 Å². The lowest BCUT2D eigenvalue weighted by Crippen LogP contribution is -2.35. The number of terminal acetylenes is 1. The van der Waals surface area contributed by atoms with Gasteiger partial charge in [-0.25, -0.2) is 0 Å². The molecule has 0 rings (SSSR count). The number of rotatable bonds is 2. The quantitative estimate of drug-likeness (QED) is 0.422. The zero-order chi connectivity index (χ0) is 8.15. The number of nitrogens with one attached hydrogen (secondary N) is 1. The van der Waals surface area contributed by atoms with Gasteiger partial charge in [0.2, 0.25) is 5.78 Å². The van der Waals surface area contributed by atoms with Crippen molar-refractivity contribution in [3.05, 3.63) is 0 Å². The van der Waals surface area contributed by atoms with Gasteiger partial charge in [-0.3, -0.25) is 9.59 Å². The molecule has 0 spiro atoms. The third-order valence-electron chi connectivity index (χ3n) is 0.917. The van der Waals surface area contributed by atoms with Gasteiger partial charge in [-0.15, -0.1) is 6.42 Å². The van der Waals surface area contributed by atoms with Gasteiger partial charge in [-0.1, -0.05) is 5.92 Å². The molecule has 10 heavy (non-hydrogen) atoms. The summed E-state index contributed by atoms with van der Waals surface area (Å²) in [7, 11) is 0. The molecule has 0 aromatic rings. The summed E-state index contributed by atoms with van der Waals surface area (Å²) in [6.45, 7) is 2.82. The number of Topliss-reactive ketones (excluding diaryl/α,β-unsaturated/α-hetero) is 1. The van der Waals surface area contributed by atoms with Gasteiger partial charge in [-0.2, -0.15) is 0 Å². The second-order valence-electron chi connectivity index (χ2n) is 1.92. The fraction of sp³-hybridized carbons (Fsp3) is 0.429. The molecule has 0 aromatic heterocycles. The van der Waals surface area contributed by atoms with Crippen molar-refractivity contribution in [3.8, 4) is 12.3 Å². The first kappa shape index (κ1) is 8.70. The van der Waals surface area contributed by atoms with Crippen molar-refractivity contribution >= 4 is 11.7 Å². The van der Waals surface area contributed by atoms with Crippen LogP contribution in [0.15, 0.2) is 0 Å². The van der Waals surface area contributed by atoms with Crippen LogP contribution in [0.3, 0.4) is 0 Å².